The predicted molar refractivity (Wildman–Crippen MR) is 120 cm³/mol. The summed E-state index contributed by atoms with van der Waals surface area (Å²) >= 11 is 0.835. The van der Waals surface area contributed by atoms with Crippen LogP contribution in [0.2, 0.25) is 0 Å². The number of rotatable bonds is 5. The van der Waals surface area contributed by atoms with Crippen LogP contribution in [0, 0.1) is 5.82 Å². The van der Waals surface area contributed by atoms with Gasteiger partial charge in [-0.15, -0.1) is 0 Å². The number of hydrogen-bond donors (Lipinski definition) is 2. The zero-order chi connectivity index (χ0) is 25.1. The molecule has 0 fully saturated rings. The van der Waals surface area contributed by atoms with Gasteiger partial charge < -0.3 is 10.1 Å². The number of carbonyl (C=O) groups is 2. The number of alkyl halides is 3. The molecule has 0 radical (unpaired) electrons. The lowest BCUT2D eigenvalue weighted by molar-refractivity contribution is -0.138. The minimum absolute atomic E-state index is 0.0332. The summed E-state index contributed by atoms with van der Waals surface area (Å²) in [5.74, 6) is -1.44. The fourth-order valence-corrected chi connectivity index (χ4v) is 3.89. The van der Waals surface area contributed by atoms with Gasteiger partial charge in [0.25, 0.3) is 5.91 Å². The molecule has 0 aliphatic carbocycles. The molecule has 2 amide bonds. The normalized spacial score (nSPS) is 11.7. The molecule has 6 nitrogen and oxygen atoms in total. The first-order chi connectivity index (χ1) is 15.8. The SMILES string of the molecule is CC(C)(C)OC(=O)Nc1sc(-c2ccccc2F)nc1C(=O)NCc1ccccc1C(F)(F)F. The van der Waals surface area contributed by atoms with Crippen molar-refractivity contribution in [1.29, 1.82) is 0 Å². The standard InChI is InChI=1S/C23H21F4N3O3S/c1-22(2,3)33-21(32)30-20-17(29-19(34-20)14-9-5-7-11-16(14)24)18(31)28-12-13-8-4-6-10-15(13)23(25,26)27/h4-11H,12H2,1-3H3,(H,28,31)(H,30,32). The van der Waals surface area contributed by atoms with Crippen molar-refractivity contribution in [1.82, 2.24) is 10.3 Å². The Morgan fingerprint density at radius 1 is 1.03 bits per heavy atom. The molecule has 1 heterocycles. The molecule has 2 N–H and O–H groups in total. The number of aromatic nitrogens is 1. The summed E-state index contributed by atoms with van der Waals surface area (Å²) in [5, 5.41) is 4.88. The Balaban J connectivity index is 1.90. The first-order valence-corrected chi connectivity index (χ1v) is 10.9. The summed E-state index contributed by atoms with van der Waals surface area (Å²) in [6.07, 6.45) is -5.46. The zero-order valence-corrected chi connectivity index (χ0v) is 19.2. The zero-order valence-electron chi connectivity index (χ0n) is 18.4. The second-order valence-electron chi connectivity index (χ2n) is 8.14. The van der Waals surface area contributed by atoms with E-state index in [1.165, 1.54) is 36.4 Å². The number of ether oxygens (including phenoxy) is 1. The molecule has 180 valence electrons. The summed E-state index contributed by atoms with van der Waals surface area (Å²) < 4.78 is 59.2. The number of thiazole rings is 1. The Hall–Kier alpha value is -3.47. The van der Waals surface area contributed by atoms with Crippen LogP contribution in [0.15, 0.2) is 48.5 Å². The number of halogens is 4. The lowest BCUT2D eigenvalue weighted by Crippen LogP contribution is -2.29. The van der Waals surface area contributed by atoms with Gasteiger partial charge in [-0.05, 0) is 44.5 Å². The maximum Gasteiger partial charge on any atom is 0.416 e. The van der Waals surface area contributed by atoms with E-state index < -0.39 is 41.7 Å². The third-order valence-corrected chi connectivity index (χ3v) is 5.33. The molecule has 3 aromatic rings. The molecule has 0 spiro atoms. The van der Waals surface area contributed by atoms with Crippen molar-refractivity contribution < 1.29 is 31.9 Å². The van der Waals surface area contributed by atoms with Crippen LogP contribution in [0.1, 0.15) is 42.4 Å². The summed E-state index contributed by atoms with van der Waals surface area (Å²) in [5.41, 5.74) is -2.03. The van der Waals surface area contributed by atoms with Crippen LogP contribution in [-0.2, 0) is 17.5 Å². The highest BCUT2D eigenvalue weighted by molar-refractivity contribution is 7.19. The molecule has 0 aliphatic heterocycles. The van der Waals surface area contributed by atoms with Gasteiger partial charge in [-0.25, -0.2) is 14.2 Å². The third-order valence-electron chi connectivity index (χ3n) is 4.32. The summed E-state index contributed by atoms with van der Waals surface area (Å²) in [7, 11) is 0. The highest BCUT2D eigenvalue weighted by atomic mass is 32.1. The number of nitrogens with one attached hydrogen (secondary N) is 2. The van der Waals surface area contributed by atoms with E-state index in [2.05, 4.69) is 15.6 Å². The number of amides is 2. The molecule has 34 heavy (non-hydrogen) atoms. The van der Waals surface area contributed by atoms with Crippen LogP contribution in [0.4, 0.5) is 27.4 Å². The number of benzene rings is 2. The van der Waals surface area contributed by atoms with Crippen molar-refractivity contribution in [3.63, 3.8) is 0 Å². The number of hydrogen-bond acceptors (Lipinski definition) is 5. The average molecular weight is 495 g/mol. The van der Waals surface area contributed by atoms with E-state index >= 15 is 0 Å². The van der Waals surface area contributed by atoms with Crippen molar-refractivity contribution in [2.45, 2.75) is 39.1 Å². The second kappa shape index (κ2) is 9.80. The van der Waals surface area contributed by atoms with E-state index in [0.29, 0.717) is 0 Å². The Morgan fingerprint density at radius 2 is 1.68 bits per heavy atom. The fraction of sp³-hybridized carbons (Fsp3) is 0.261. The van der Waals surface area contributed by atoms with E-state index in [9.17, 15) is 27.2 Å². The lowest BCUT2D eigenvalue weighted by Gasteiger charge is -2.19. The molecule has 1 aromatic heterocycles. The van der Waals surface area contributed by atoms with Crippen LogP contribution in [-0.4, -0.2) is 22.6 Å². The summed E-state index contributed by atoms with van der Waals surface area (Å²) in [4.78, 5) is 29.3. The van der Waals surface area contributed by atoms with Gasteiger partial charge in [0.2, 0.25) is 0 Å². The maximum atomic E-state index is 14.3. The minimum Gasteiger partial charge on any atom is -0.444 e. The van der Waals surface area contributed by atoms with E-state index in [-0.39, 0.29) is 26.8 Å². The predicted octanol–water partition coefficient (Wildman–Crippen LogP) is 6.25. The Kier molecular flexibility index (Phi) is 7.25. The van der Waals surface area contributed by atoms with E-state index in [1.807, 2.05) is 0 Å². The average Bonchev–Trinajstić information content (AvgIpc) is 3.14. The van der Waals surface area contributed by atoms with Crippen molar-refractivity contribution in [2.24, 2.45) is 0 Å². The van der Waals surface area contributed by atoms with E-state index in [4.69, 9.17) is 4.74 Å². The largest absolute Gasteiger partial charge is 0.444 e. The molecule has 0 saturated carbocycles. The molecule has 0 saturated heterocycles. The number of carbonyl (C=O) groups excluding carboxylic acids is 2. The van der Waals surface area contributed by atoms with Crippen LogP contribution < -0.4 is 10.6 Å². The first kappa shape index (κ1) is 25.2. The molecular weight excluding hydrogens is 474 g/mol. The Labute approximate surface area is 197 Å². The van der Waals surface area contributed by atoms with Crippen molar-refractivity contribution in [3.05, 3.63) is 71.2 Å². The van der Waals surface area contributed by atoms with Crippen molar-refractivity contribution in [3.8, 4) is 10.6 Å². The highest BCUT2D eigenvalue weighted by Crippen LogP contribution is 2.34. The second-order valence-corrected chi connectivity index (χ2v) is 9.14. The third kappa shape index (κ3) is 6.31. The number of anilines is 1. The molecule has 0 bridgehead atoms. The Bertz CT molecular complexity index is 1200. The number of nitrogens with zero attached hydrogens (tertiary/aromatic N) is 1. The molecule has 11 heteroatoms. The van der Waals surface area contributed by atoms with Gasteiger partial charge >= 0.3 is 12.3 Å². The van der Waals surface area contributed by atoms with Gasteiger partial charge in [0, 0.05) is 12.1 Å². The Morgan fingerprint density at radius 3 is 2.32 bits per heavy atom. The molecule has 2 aromatic carbocycles. The molecule has 0 atom stereocenters. The molecule has 3 rings (SSSR count). The van der Waals surface area contributed by atoms with Crippen LogP contribution in [0.5, 0.6) is 0 Å². The van der Waals surface area contributed by atoms with Crippen molar-refractivity contribution in [2.75, 3.05) is 5.32 Å². The molecular formula is C23H21F4N3O3S. The van der Waals surface area contributed by atoms with Gasteiger partial charge in [0.05, 0.1) is 5.56 Å². The summed E-state index contributed by atoms with van der Waals surface area (Å²) in [6.45, 7) is 4.51. The topological polar surface area (TPSA) is 80.3 Å². The van der Waals surface area contributed by atoms with Crippen LogP contribution in [0.3, 0.4) is 0 Å². The van der Waals surface area contributed by atoms with Gasteiger partial charge in [-0.3, -0.25) is 10.1 Å². The maximum absolute atomic E-state index is 14.3. The first-order valence-electron chi connectivity index (χ1n) is 10.0. The van der Waals surface area contributed by atoms with Gasteiger partial charge in [-0.2, -0.15) is 13.2 Å². The molecule has 0 aliphatic rings. The monoisotopic (exact) mass is 495 g/mol. The van der Waals surface area contributed by atoms with E-state index in [0.717, 1.165) is 17.4 Å². The van der Waals surface area contributed by atoms with Crippen molar-refractivity contribution >= 4 is 28.3 Å². The van der Waals surface area contributed by atoms with E-state index in [1.54, 1.807) is 26.8 Å². The smallest absolute Gasteiger partial charge is 0.416 e. The molecule has 0 unspecified atom stereocenters. The van der Waals surface area contributed by atoms with Gasteiger partial charge in [0.1, 0.15) is 21.4 Å². The highest BCUT2D eigenvalue weighted by Gasteiger charge is 2.33. The van der Waals surface area contributed by atoms with Crippen LogP contribution >= 0.6 is 11.3 Å². The lowest BCUT2D eigenvalue weighted by atomic mass is 10.1. The van der Waals surface area contributed by atoms with Gasteiger partial charge in [0.15, 0.2) is 5.69 Å². The van der Waals surface area contributed by atoms with Gasteiger partial charge in [-0.1, -0.05) is 41.7 Å². The summed E-state index contributed by atoms with van der Waals surface area (Å²) in [6, 6.07) is 10.6. The fourth-order valence-electron chi connectivity index (χ4n) is 2.92. The quantitative estimate of drug-likeness (QED) is 0.411. The minimum atomic E-state index is -4.59. The van der Waals surface area contributed by atoms with Crippen LogP contribution in [0.25, 0.3) is 10.6 Å².